The summed E-state index contributed by atoms with van der Waals surface area (Å²) >= 11 is 0. The van der Waals surface area contributed by atoms with Gasteiger partial charge in [0, 0.05) is 17.8 Å². The van der Waals surface area contributed by atoms with Crippen molar-refractivity contribution in [3.8, 4) is 0 Å². The molecule has 0 saturated heterocycles. The molecule has 1 heterocycles. The molecule has 1 rings (SSSR count). The van der Waals surface area contributed by atoms with E-state index >= 15 is 0 Å². The topological polar surface area (TPSA) is 24.9 Å². The minimum atomic E-state index is -0.227. The maximum Gasteiger partial charge on any atom is 0.146 e. The third-order valence-corrected chi connectivity index (χ3v) is 3.22. The molecule has 1 aromatic rings. The lowest BCUT2D eigenvalue weighted by molar-refractivity contribution is 0.232. The summed E-state index contributed by atoms with van der Waals surface area (Å²) in [6, 6.07) is 1.80. The molecule has 0 spiro atoms. The van der Waals surface area contributed by atoms with Crippen molar-refractivity contribution in [2.24, 2.45) is 5.41 Å². The molecule has 1 aromatic heterocycles. The second kappa shape index (κ2) is 5.39. The van der Waals surface area contributed by atoms with Crippen LogP contribution in [0.1, 0.15) is 45.7 Å². The molecule has 90 valence electrons. The Bertz CT molecular complexity index is 336. The normalized spacial score (nSPS) is 13.8. The Balaban J connectivity index is 3.08. The molecule has 0 saturated carbocycles. The zero-order chi connectivity index (χ0) is 12.2. The van der Waals surface area contributed by atoms with E-state index in [0.717, 1.165) is 13.0 Å². The van der Waals surface area contributed by atoms with Crippen LogP contribution < -0.4 is 5.32 Å². The highest BCUT2D eigenvalue weighted by Gasteiger charge is 2.30. The minimum Gasteiger partial charge on any atom is -0.310 e. The van der Waals surface area contributed by atoms with E-state index in [4.69, 9.17) is 0 Å². The minimum absolute atomic E-state index is 0.0260. The number of aromatic nitrogens is 1. The lowest BCUT2D eigenvalue weighted by atomic mass is 9.78. The second-order valence-corrected chi connectivity index (χ2v) is 4.73. The van der Waals surface area contributed by atoms with Crippen LogP contribution in [0.3, 0.4) is 0 Å². The molecule has 0 aromatic carbocycles. The van der Waals surface area contributed by atoms with Crippen molar-refractivity contribution < 1.29 is 4.39 Å². The monoisotopic (exact) mass is 224 g/mol. The maximum absolute atomic E-state index is 13.7. The molecule has 1 unspecified atom stereocenters. The molecular weight excluding hydrogens is 203 g/mol. The summed E-state index contributed by atoms with van der Waals surface area (Å²) < 4.78 is 13.7. The van der Waals surface area contributed by atoms with Crippen molar-refractivity contribution in [3.63, 3.8) is 0 Å². The van der Waals surface area contributed by atoms with Crippen molar-refractivity contribution in [3.05, 3.63) is 29.8 Å². The van der Waals surface area contributed by atoms with Gasteiger partial charge in [-0.3, -0.25) is 4.98 Å². The number of pyridine rings is 1. The first-order chi connectivity index (χ1) is 7.53. The summed E-state index contributed by atoms with van der Waals surface area (Å²) in [6.45, 7) is 9.30. The summed E-state index contributed by atoms with van der Waals surface area (Å²) in [5, 5.41) is 3.36. The summed E-state index contributed by atoms with van der Waals surface area (Å²) in [7, 11) is 0. The molecule has 1 N–H and O–H groups in total. The lowest BCUT2D eigenvalue weighted by Gasteiger charge is -2.34. The van der Waals surface area contributed by atoms with Gasteiger partial charge in [0.2, 0.25) is 0 Å². The first-order valence-electron chi connectivity index (χ1n) is 5.85. The SMILES string of the molecule is CCNC(c1ccncc1F)C(C)(C)CC. The second-order valence-electron chi connectivity index (χ2n) is 4.73. The van der Waals surface area contributed by atoms with Crippen molar-refractivity contribution in [1.82, 2.24) is 10.3 Å². The van der Waals surface area contributed by atoms with Crippen LogP contribution in [-0.2, 0) is 0 Å². The predicted molar refractivity (Wildman–Crippen MR) is 64.7 cm³/mol. The largest absolute Gasteiger partial charge is 0.310 e. The maximum atomic E-state index is 13.7. The van der Waals surface area contributed by atoms with Crippen LogP contribution in [0.4, 0.5) is 4.39 Å². The molecule has 0 aliphatic heterocycles. The number of halogens is 1. The fourth-order valence-corrected chi connectivity index (χ4v) is 1.84. The zero-order valence-electron chi connectivity index (χ0n) is 10.5. The van der Waals surface area contributed by atoms with Crippen molar-refractivity contribution in [1.29, 1.82) is 0 Å². The van der Waals surface area contributed by atoms with Gasteiger partial charge in [-0.15, -0.1) is 0 Å². The Morgan fingerprint density at radius 2 is 2.12 bits per heavy atom. The Labute approximate surface area is 97.3 Å². The van der Waals surface area contributed by atoms with Gasteiger partial charge in [-0.1, -0.05) is 27.7 Å². The van der Waals surface area contributed by atoms with E-state index < -0.39 is 0 Å². The molecule has 0 radical (unpaired) electrons. The third kappa shape index (κ3) is 2.79. The van der Waals surface area contributed by atoms with Gasteiger partial charge in [0.15, 0.2) is 0 Å². The van der Waals surface area contributed by atoms with Gasteiger partial charge in [-0.05, 0) is 24.4 Å². The Kier molecular flexibility index (Phi) is 4.42. The molecule has 1 atom stereocenters. The van der Waals surface area contributed by atoms with E-state index in [1.165, 1.54) is 6.20 Å². The van der Waals surface area contributed by atoms with Gasteiger partial charge in [0.1, 0.15) is 5.82 Å². The van der Waals surface area contributed by atoms with Crippen molar-refractivity contribution in [2.75, 3.05) is 6.54 Å². The van der Waals surface area contributed by atoms with Gasteiger partial charge in [-0.2, -0.15) is 0 Å². The number of hydrogen-bond donors (Lipinski definition) is 1. The fraction of sp³-hybridized carbons (Fsp3) is 0.615. The van der Waals surface area contributed by atoms with Crippen molar-refractivity contribution >= 4 is 0 Å². The lowest BCUT2D eigenvalue weighted by Crippen LogP contribution is -2.34. The molecule has 16 heavy (non-hydrogen) atoms. The molecule has 0 aliphatic carbocycles. The predicted octanol–water partition coefficient (Wildman–Crippen LogP) is 3.31. The van der Waals surface area contributed by atoms with Gasteiger partial charge in [-0.25, -0.2) is 4.39 Å². The highest BCUT2D eigenvalue weighted by molar-refractivity contribution is 5.19. The van der Waals surface area contributed by atoms with Gasteiger partial charge >= 0.3 is 0 Å². The summed E-state index contributed by atoms with van der Waals surface area (Å²) in [5.41, 5.74) is 0.738. The standard InChI is InChI=1S/C13H21FN2/c1-5-13(3,4)12(16-6-2)10-7-8-15-9-11(10)14/h7-9,12,16H,5-6H2,1-4H3. The van der Waals surface area contributed by atoms with Crippen LogP contribution in [0.2, 0.25) is 0 Å². The molecule has 0 fully saturated rings. The van der Waals surface area contributed by atoms with Crippen LogP contribution in [0.5, 0.6) is 0 Å². The number of hydrogen-bond acceptors (Lipinski definition) is 2. The van der Waals surface area contributed by atoms with Crippen LogP contribution in [0, 0.1) is 11.2 Å². The number of nitrogens with one attached hydrogen (secondary N) is 1. The highest BCUT2D eigenvalue weighted by Crippen LogP contribution is 2.36. The third-order valence-electron chi connectivity index (χ3n) is 3.22. The average Bonchev–Trinajstić information content (AvgIpc) is 2.27. The van der Waals surface area contributed by atoms with E-state index in [1.807, 2.05) is 6.92 Å². The highest BCUT2D eigenvalue weighted by atomic mass is 19.1. The number of rotatable bonds is 5. The molecular formula is C13H21FN2. The fourth-order valence-electron chi connectivity index (χ4n) is 1.84. The van der Waals surface area contributed by atoms with E-state index in [-0.39, 0.29) is 17.3 Å². The zero-order valence-corrected chi connectivity index (χ0v) is 10.5. The summed E-state index contributed by atoms with van der Waals surface area (Å²) in [6.07, 6.45) is 3.92. The van der Waals surface area contributed by atoms with Crippen LogP contribution in [0.15, 0.2) is 18.5 Å². The first-order valence-corrected chi connectivity index (χ1v) is 5.85. The van der Waals surface area contributed by atoms with E-state index in [1.54, 1.807) is 12.3 Å². The molecule has 2 nitrogen and oxygen atoms in total. The quantitative estimate of drug-likeness (QED) is 0.830. The summed E-state index contributed by atoms with van der Waals surface area (Å²) in [5.74, 6) is -0.227. The Morgan fingerprint density at radius 3 is 2.62 bits per heavy atom. The molecule has 0 aliphatic rings. The van der Waals surface area contributed by atoms with Gasteiger partial charge < -0.3 is 5.32 Å². The average molecular weight is 224 g/mol. The molecule has 0 amide bonds. The van der Waals surface area contributed by atoms with Crippen LogP contribution >= 0.6 is 0 Å². The number of nitrogens with zero attached hydrogens (tertiary/aromatic N) is 1. The Morgan fingerprint density at radius 1 is 1.44 bits per heavy atom. The Hall–Kier alpha value is -0.960. The smallest absolute Gasteiger partial charge is 0.146 e. The first kappa shape index (κ1) is 13.1. The van der Waals surface area contributed by atoms with E-state index in [0.29, 0.717) is 5.56 Å². The molecule has 3 heteroatoms. The van der Waals surface area contributed by atoms with E-state index in [9.17, 15) is 4.39 Å². The van der Waals surface area contributed by atoms with Crippen LogP contribution in [0.25, 0.3) is 0 Å². The van der Waals surface area contributed by atoms with Crippen molar-refractivity contribution in [2.45, 2.75) is 40.2 Å². The van der Waals surface area contributed by atoms with Gasteiger partial charge in [0.05, 0.1) is 6.20 Å². The van der Waals surface area contributed by atoms with Crippen LogP contribution in [-0.4, -0.2) is 11.5 Å². The van der Waals surface area contributed by atoms with Gasteiger partial charge in [0.25, 0.3) is 0 Å². The molecule has 0 bridgehead atoms. The summed E-state index contributed by atoms with van der Waals surface area (Å²) in [4.78, 5) is 3.79. The van der Waals surface area contributed by atoms with E-state index in [2.05, 4.69) is 31.1 Å².